The van der Waals surface area contributed by atoms with Crippen LogP contribution in [0.3, 0.4) is 0 Å². The van der Waals surface area contributed by atoms with Crippen molar-refractivity contribution >= 4 is 16.7 Å². The molecule has 0 radical (unpaired) electrons. The van der Waals surface area contributed by atoms with Crippen LogP contribution < -0.4 is 4.74 Å². The molecular weight excluding hydrogens is 309 g/mol. The molecule has 0 unspecified atom stereocenters. The zero-order valence-corrected chi connectivity index (χ0v) is 13.2. The zero-order chi connectivity index (χ0) is 16.9. The topological polar surface area (TPSA) is 48.4 Å². The molecule has 3 aromatic rings. The maximum Gasteiger partial charge on any atom is 0.339 e. The summed E-state index contributed by atoms with van der Waals surface area (Å²) in [6.07, 6.45) is 3.21. The van der Waals surface area contributed by atoms with Crippen molar-refractivity contribution < 1.29 is 18.7 Å². The van der Waals surface area contributed by atoms with E-state index in [4.69, 9.17) is 9.47 Å². The summed E-state index contributed by atoms with van der Waals surface area (Å²) in [5.74, 6) is -0.248. The van der Waals surface area contributed by atoms with Gasteiger partial charge in [0.2, 0.25) is 0 Å². The molecule has 2 aromatic carbocycles. The van der Waals surface area contributed by atoms with E-state index >= 15 is 0 Å². The third kappa shape index (κ3) is 3.35. The van der Waals surface area contributed by atoms with Crippen LogP contribution in [0.4, 0.5) is 4.39 Å². The molecule has 0 aliphatic rings. The second-order valence-electron chi connectivity index (χ2n) is 5.18. The Kier molecular flexibility index (Phi) is 4.70. The van der Waals surface area contributed by atoms with Gasteiger partial charge in [-0.25, -0.2) is 9.18 Å². The molecule has 0 atom stereocenters. The lowest BCUT2D eigenvalue weighted by Crippen LogP contribution is -2.07. The zero-order valence-electron chi connectivity index (χ0n) is 13.2. The van der Waals surface area contributed by atoms with Crippen LogP contribution in [0.15, 0.2) is 54.9 Å². The minimum Gasteiger partial charge on any atom is -0.492 e. The van der Waals surface area contributed by atoms with Crippen LogP contribution in [0.25, 0.3) is 10.8 Å². The van der Waals surface area contributed by atoms with Crippen molar-refractivity contribution in [2.45, 2.75) is 13.5 Å². The van der Waals surface area contributed by atoms with Gasteiger partial charge in [0.05, 0.1) is 18.4 Å². The maximum absolute atomic E-state index is 13.8. The second-order valence-corrected chi connectivity index (χ2v) is 5.18. The van der Waals surface area contributed by atoms with Crippen molar-refractivity contribution in [3.05, 3.63) is 71.8 Å². The van der Waals surface area contributed by atoms with E-state index in [1.54, 1.807) is 42.7 Å². The Labute approximate surface area is 138 Å². The van der Waals surface area contributed by atoms with Gasteiger partial charge in [-0.15, -0.1) is 0 Å². The van der Waals surface area contributed by atoms with Gasteiger partial charge in [0.1, 0.15) is 18.2 Å². The van der Waals surface area contributed by atoms with E-state index in [0.717, 1.165) is 5.56 Å². The summed E-state index contributed by atoms with van der Waals surface area (Å²) in [4.78, 5) is 16.4. The Balaban J connectivity index is 1.79. The standard InChI is InChI=1S/C19H16FNO3/c1-2-23-14-9-13(10-21-11-14)12-24-19(22)17-7-8-18(20)16-6-4-3-5-15(16)17/h3-11H,2,12H2,1H3. The predicted molar refractivity (Wildman–Crippen MR) is 88.4 cm³/mol. The number of aromatic nitrogens is 1. The van der Waals surface area contributed by atoms with E-state index in [9.17, 15) is 9.18 Å². The van der Waals surface area contributed by atoms with E-state index in [-0.39, 0.29) is 12.4 Å². The Morgan fingerprint density at radius 2 is 1.92 bits per heavy atom. The van der Waals surface area contributed by atoms with Crippen molar-refractivity contribution in [2.75, 3.05) is 6.61 Å². The molecule has 0 N–H and O–H groups in total. The first kappa shape index (κ1) is 15.9. The highest BCUT2D eigenvalue weighted by molar-refractivity contribution is 6.04. The number of hydrogen-bond donors (Lipinski definition) is 0. The summed E-state index contributed by atoms with van der Waals surface area (Å²) in [7, 11) is 0. The number of benzene rings is 2. The van der Waals surface area contributed by atoms with Crippen molar-refractivity contribution in [1.82, 2.24) is 4.98 Å². The van der Waals surface area contributed by atoms with Crippen LogP contribution in [0.1, 0.15) is 22.8 Å². The Bertz CT molecular complexity index is 879. The molecule has 0 aliphatic carbocycles. The van der Waals surface area contributed by atoms with E-state index in [2.05, 4.69) is 4.98 Å². The average Bonchev–Trinajstić information content (AvgIpc) is 2.61. The highest BCUT2D eigenvalue weighted by Crippen LogP contribution is 2.23. The van der Waals surface area contributed by atoms with Gasteiger partial charge in [-0.05, 0) is 30.5 Å². The normalized spacial score (nSPS) is 10.6. The number of ether oxygens (including phenoxy) is 2. The third-order valence-corrected chi connectivity index (χ3v) is 3.54. The average molecular weight is 325 g/mol. The first-order chi connectivity index (χ1) is 11.7. The van der Waals surface area contributed by atoms with Crippen LogP contribution in [0, 0.1) is 5.82 Å². The molecule has 4 nitrogen and oxygen atoms in total. The minimum absolute atomic E-state index is 0.0679. The van der Waals surface area contributed by atoms with Gasteiger partial charge in [0.25, 0.3) is 0 Å². The highest BCUT2D eigenvalue weighted by atomic mass is 19.1. The Hall–Kier alpha value is -2.95. The van der Waals surface area contributed by atoms with Gasteiger partial charge in [-0.3, -0.25) is 4.98 Å². The summed E-state index contributed by atoms with van der Waals surface area (Å²) in [6.45, 7) is 2.48. The fourth-order valence-corrected chi connectivity index (χ4v) is 2.46. The molecule has 0 spiro atoms. The van der Waals surface area contributed by atoms with Crippen molar-refractivity contribution in [3.8, 4) is 5.75 Å². The van der Waals surface area contributed by atoms with Crippen LogP contribution >= 0.6 is 0 Å². The Morgan fingerprint density at radius 1 is 1.12 bits per heavy atom. The van der Waals surface area contributed by atoms with Crippen LogP contribution in [-0.4, -0.2) is 17.6 Å². The number of hydrogen-bond acceptors (Lipinski definition) is 4. The van der Waals surface area contributed by atoms with Crippen LogP contribution in [-0.2, 0) is 11.3 Å². The number of pyridine rings is 1. The first-order valence-corrected chi connectivity index (χ1v) is 7.60. The quantitative estimate of drug-likeness (QED) is 0.662. The predicted octanol–water partition coefficient (Wildman–Crippen LogP) is 4.13. The molecule has 3 rings (SSSR count). The number of halogens is 1. The lowest BCUT2D eigenvalue weighted by Gasteiger charge is -2.09. The third-order valence-electron chi connectivity index (χ3n) is 3.54. The van der Waals surface area contributed by atoms with Crippen molar-refractivity contribution in [1.29, 1.82) is 0 Å². The lowest BCUT2D eigenvalue weighted by atomic mass is 10.0. The fraction of sp³-hybridized carbons (Fsp3) is 0.158. The minimum atomic E-state index is -0.506. The molecule has 0 fully saturated rings. The first-order valence-electron chi connectivity index (χ1n) is 7.60. The number of esters is 1. The summed E-state index contributed by atoms with van der Waals surface area (Å²) < 4.78 is 24.5. The van der Waals surface area contributed by atoms with Crippen LogP contribution in [0.2, 0.25) is 0 Å². The number of rotatable bonds is 5. The molecule has 0 saturated heterocycles. The number of carbonyl (C=O) groups excluding carboxylic acids is 1. The smallest absolute Gasteiger partial charge is 0.339 e. The number of nitrogens with zero attached hydrogens (tertiary/aromatic N) is 1. The van der Waals surface area contributed by atoms with Crippen molar-refractivity contribution in [2.24, 2.45) is 0 Å². The highest BCUT2D eigenvalue weighted by Gasteiger charge is 2.14. The molecule has 0 saturated carbocycles. The molecule has 5 heteroatoms. The van der Waals surface area contributed by atoms with Gasteiger partial charge in [-0.1, -0.05) is 24.3 Å². The second kappa shape index (κ2) is 7.08. The van der Waals surface area contributed by atoms with Gasteiger partial charge in [0, 0.05) is 17.1 Å². The molecule has 1 aromatic heterocycles. The summed E-state index contributed by atoms with van der Waals surface area (Å²) in [5.41, 5.74) is 1.06. The molecule has 1 heterocycles. The SMILES string of the molecule is CCOc1cncc(COC(=O)c2ccc(F)c3ccccc23)c1. The Morgan fingerprint density at radius 3 is 2.71 bits per heavy atom. The van der Waals surface area contributed by atoms with Crippen LogP contribution in [0.5, 0.6) is 5.75 Å². The van der Waals surface area contributed by atoms with Gasteiger partial charge in [0.15, 0.2) is 0 Å². The van der Waals surface area contributed by atoms with Crippen molar-refractivity contribution in [3.63, 3.8) is 0 Å². The molecule has 122 valence electrons. The monoisotopic (exact) mass is 325 g/mol. The maximum atomic E-state index is 13.8. The lowest BCUT2D eigenvalue weighted by molar-refractivity contribution is 0.0474. The van der Waals surface area contributed by atoms with Gasteiger partial charge in [-0.2, -0.15) is 0 Å². The summed E-state index contributed by atoms with van der Waals surface area (Å²) in [5, 5.41) is 0.927. The van der Waals surface area contributed by atoms with E-state index < -0.39 is 5.97 Å². The molecule has 24 heavy (non-hydrogen) atoms. The van der Waals surface area contributed by atoms with E-state index in [1.807, 2.05) is 6.92 Å². The summed E-state index contributed by atoms with van der Waals surface area (Å²) in [6, 6.07) is 11.3. The fourth-order valence-electron chi connectivity index (χ4n) is 2.46. The molecule has 0 bridgehead atoms. The van der Waals surface area contributed by atoms with Gasteiger partial charge >= 0.3 is 5.97 Å². The van der Waals surface area contributed by atoms with E-state index in [1.165, 1.54) is 12.1 Å². The number of fused-ring (bicyclic) bond motifs is 1. The molecule has 0 amide bonds. The summed E-state index contributed by atoms with van der Waals surface area (Å²) >= 11 is 0. The van der Waals surface area contributed by atoms with Gasteiger partial charge < -0.3 is 9.47 Å². The van der Waals surface area contributed by atoms with E-state index in [0.29, 0.717) is 28.7 Å². The number of carbonyl (C=O) groups is 1. The molecular formula is C19H16FNO3. The largest absolute Gasteiger partial charge is 0.492 e. The molecule has 0 aliphatic heterocycles.